The summed E-state index contributed by atoms with van der Waals surface area (Å²) >= 11 is 0. The highest BCUT2D eigenvalue weighted by Gasteiger charge is 2.21. The van der Waals surface area contributed by atoms with E-state index in [0.29, 0.717) is 5.92 Å². The maximum Gasteiger partial charge on any atom is 0.134 e. The molecule has 0 aliphatic carbocycles. The van der Waals surface area contributed by atoms with Crippen LogP contribution < -0.4 is 0 Å². The van der Waals surface area contributed by atoms with Crippen LogP contribution in [0.4, 0.5) is 0 Å². The van der Waals surface area contributed by atoms with E-state index in [9.17, 15) is 0 Å². The molecular weight excluding hydrogens is 166 g/mol. The van der Waals surface area contributed by atoms with Crippen molar-refractivity contribution in [3.63, 3.8) is 0 Å². The lowest BCUT2D eigenvalue weighted by Crippen LogP contribution is -2.20. The number of aliphatic imine (C=N–C) groups is 1. The summed E-state index contributed by atoms with van der Waals surface area (Å²) in [7, 11) is 0. The van der Waals surface area contributed by atoms with Crippen LogP contribution in [-0.4, -0.2) is 25.5 Å². The maximum atomic E-state index is 5.60. The molecule has 3 heteroatoms. The van der Waals surface area contributed by atoms with Crippen LogP contribution in [0.25, 0.3) is 0 Å². The van der Waals surface area contributed by atoms with E-state index in [2.05, 4.69) is 4.99 Å². The number of hydrogen-bond donors (Lipinski definition) is 0. The molecule has 1 saturated heterocycles. The number of hydrogen-bond acceptors (Lipinski definition) is 3. The van der Waals surface area contributed by atoms with Gasteiger partial charge in [-0.2, -0.15) is 0 Å². The van der Waals surface area contributed by atoms with E-state index < -0.39 is 0 Å². The third-order valence-electron chi connectivity index (χ3n) is 2.44. The normalized spacial score (nSPS) is 32.8. The van der Waals surface area contributed by atoms with Gasteiger partial charge in [-0.05, 0) is 25.7 Å². The molecular formula is C10H15NO2. The summed E-state index contributed by atoms with van der Waals surface area (Å²) in [5, 5.41) is 0. The summed E-state index contributed by atoms with van der Waals surface area (Å²) in [5.41, 5.74) is 0. The molecule has 0 radical (unpaired) electrons. The van der Waals surface area contributed by atoms with Gasteiger partial charge in [-0.1, -0.05) is 0 Å². The molecule has 0 aromatic rings. The van der Waals surface area contributed by atoms with Crippen LogP contribution in [0.15, 0.2) is 17.0 Å². The maximum absolute atomic E-state index is 5.60. The van der Waals surface area contributed by atoms with Crippen molar-refractivity contribution in [2.24, 2.45) is 10.9 Å². The van der Waals surface area contributed by atoms with Crippen molar-refractivity contribution in [3.05, 3.63) is 12.0 Å². The number of ether oxygens (including phenoxy) is 2. The van der Waals surface area contributed by atoms with Gasteiger partial charge in [0.15, 0.2) is 0 Å². The Morgan fingerprint density at radius 2 is 2.54 bits per heavy atom. The van der Waals surface area contributed by atoms with E-state index in [1.54, 1.807) is 6.20 Å². The number of allylic oxidation sites excluding steroid dienone is 1. The van der Waals surface area contributed by atoms with Gasteiger partial charge >= 0.3 is 0 Å². The van der Waals surface area contributed by atoms with Crippen LogP contribution in [0, 0.1) is 5.92 Å². The predicted molar refractivity (Wildman–Crippen MR) is 50.7 cm³/mol. The predicted octanol–water partition coefficient (Wildman–Crippen LogP) is 1.74. The highest BCUT2D eigenvalue weighted by atomic mass is 16.5. The van der Waals surface area contributed by atoms with Crippen LogP contribution >= 0.6 is 0 Å². The van der Waals surface area contributed by atoms with Gasteiger partial charge in [-0.25, -0.2) is 0 Å². The first-order valence-electron chi connectivity index (χ1n) is 4.79. The number of rotatable bonds is 2. The topological polar surface area (TPSA) is 30.8 Å². The van der Waals surface area contributed by atoms with Gasteiger partial charge in [-0.15, -0.1) is 0 Å². The molecule has 0 amide bonds. The van der Waals surface area contributed by atoms with E-state index in [4.69, 9.17) is 9.47 Å². The second kappa shape index (κ2) is 3.92. The Labute approximate surface area is 78.4 Å². The molecule has 0 N–H and O–H groups in total. The summed E-state index contributed by atoms with van der Waals surface area (Å²) in [4.78, 5) is 4.13. The molecule has 0 spiro atoms. The Balaban J connectivity index is 1.82. The minimum absolute atomic E-state index is 0.164. The molecule has 2 atom stereocenters. The van der Waals surface area contributed by atoms with Crippen molar-refractivity contribution in [1.82, 2.24) is 0 Å². The highest BCUT2D eigenvalue weighted by molar-refractivity contribution is 5.65. The van der Waals surface area contributed by atoms with Crippen molar-refractivity contribution in [2.45, 2.75) is 25.9 Å². The second-order valence-corrected chi connectivity index (χ2v) is 3.66. The molecule has 0 bridgehead atoms. The molecule has 0 aromatic heterocycles. The number of nitrogens with zero attached hydrogens (tertiary/aromatic N) is 1. The molecule has 13 heavy (non-hydrogen) atoms. The van der Waals surface area contributed by atoms with E-state index in [1.165, 1.54) is 0 Å². The summed E-state index contributed by atoms with van der Waals surface area (Å²) in [5.74, 6) is 1.56. The zero-order chi connectivity index (χ0) is 9.10. The van der Waals surface area contributed by atoms with Gasteiger partial charge in [0.2, 0.25) is 0 Å². The molecule has 2 rings (SSSR count). The highest BCUT2D eigenvalue weighted by Crippen LogP contribution is 2.21. The lowest BCUT2D eigenvalue weighted by atomic mass is 10.0. The summed E-state index contributed by atoms with van der Waals surface area (Å²) < 4.78 is 10.9. The summed E-state index contributed by atoms with van der Waals surface area (Å²) in [6.45, 7) is 3.73. The van der Waals surface area contributed by atoms with Gasteiger partial charge in [0.05, 0.1) is 6.20 Å². The van der Waals surface area contributed by atoms with E-state index >= 15 is 0 Å². The second-order valence-electron chi connectivity index (χ2n) is 3.66. The Morgan fingerprint density at radius 1 is 1.62 bits per heavy atom. The van der Waals surface area contributed by atoms with Crippen molar-refractivity contribution in [3.8, 4) is 0 Å². The Hall–Kier alpha value is -0.830. The average molecular weight is 181 g/mol. The average Bonchev–Trinajstić information content (AvgIpc) is 2.57. The Kier molecular flexibility index (Phi) is 2.64. The molecule has 2 unspecified atom stereocenters. The first-order valence-corrected chi connectivity index (χ1v) is 4.79. The monoisotopic (exact) mass is 181 g/mol. The Bertz CT molecular complexity index is 229. The smallest absolute Gasteiger partial charge is 0.134 e. The SMILES string of the molecule is CC1=CN=CC(CC2CCOC2)O1. The van der Waals surface area contributed by atoms with Crippen molar-refractivity contribution < 1.29 is 9.47 Å². The standard InChI is InChI=1S/C10H15NO2/c1-8-5-11-6-10(13-8)4-9-2-3-12-7-9/h5-6,9-10H,2-4,7H2,1H3. The fraction of sp³-hybridized carbons (Fsp3) is 0.700. The molecule has 72 valence electrons. The van der Waals surface area contributed by atoms with Crippen molar-refractivity contribution in [2.75, 3.05) is 13.2 Å². The third kappa shape index (κ3) is 2.31. The fourth-order valence-corrected chi connectivity index (χ4v) is 1.75. The lowest BCUT2D eigenvalue weighted by molar-refractivity contribution is 0.133. The van der Waals surface area contributed by atoms with E-state index in [-0.39, 0.29) is 6.10 Å². The Morgan fingerprint density at radius 3 is 3.23 bits per heavy atom. The molecule has 0 saturated carbocycles. The molecule has 1 fully saturated rings. The molecule has 2 heterocycles. The molecule has 2 aliphatic rings. The summed E-state index contributed by atoms with van der Waals surface area (Å²) in [6.07, 6.45) is 6.00. The van der Waals surface area contributed by atoms with Crippen LogP contribution in [-0.2, 0) is 9.47 Å². The largest absolute Gasteiger partial charge is 0.488 e. The van der Waals surface area contributed by atoms with E-state index in [0.717, 1.165) is 31.8 Å². The van der Waals surface area contributed by atoms with Crippen LogP contribution in [0.5, 0.6) is 0 Å². The van der Waals surface area contributed by atoms with Gasteiger partial charge in [0.25, 0.3) is 0 Å². The van der Waals surface area contributed by atoms with Gasteiger partial charge in [0, 0.05) is 19.4 Å². The summed E-state index contributed by atoms with van der Waals surface area (Å²) in [6, 6.07) is 0. The minimum Gasteiger partial charge on any atom is -0.488 e. The van der Waals surface area contributed by atoms with Crippen LogP contribution in [0.3, 0.4) is 0 Å². The molecule has 0 aromatic carbocycles. The first kappa shape index (κ1) is 8.75. The van der Waals surface area contributed by atoms with Crippen molar-refractivity contribution in [1.29, 1.82) is 0 Å². The minimum atomic E-state index is 0.164. The van der Waals surface area contributed by atoms with E-state index in [1.807, 2.05) is 13.1 Å². The third-order valence-corrected chi connectivity index (χ3v) is 2.44. The molecule has 3 nitrogen and oxygen atoms in total. The zero-order valence-corrected chi connectivity index (χ0v) is 7.90. The zero-order valence-electron chi connectivity index (χ0n) is 7.90. The van der Waals surface area contributed by atoms with Crippen molar-refractivity contribution >= 4 is 6.21 Å². The first-order chi connectivity index (χ1) is 6.34. The molecule has 2 aliphatic heterocycles. The fourth-order valence-electron chi connectivity index (χ4n) is 1.75. The quantitative estimate of drug-likeness (QED) is 0.649. The van der Waals surface area contributed by atoms with Gasteiger partial charge < -0.3 is 9.47 Å². The van der Waals surface area contributed by atoms with Crippen LogP contribution in [0.2, 0.25) is 0 Å². The van der Waals surface area contributed by atoms with Gasteiger partial charge in [-0.3, -0.25) is 4.99 Å². The van der Waals surface area contributed by atoms with Gasteiger partial charge in [0.1, 0.15) is 11.9 Å². The van der Waals surface area contributed by atoms with Crippen LogP contribution in [0.1, 0.15) is 19.8 Å². The lowest BCUT2D eigenvalue weighted by Gasteiger charge is -2.20.